The van der Waals surface area contributed by atoms with Crippen LogP contribution in [0.5, 0.6) is 0 Å². The van der Waals surface area contributed by atoms with Crippen LogP contribution in [0.4, 0.5) is 0 Å². The van der Waals surface area contributed by atoms with E-state index >= 15 is 0 Å². The molecule has 1 aliphatic heterocycles. The fourth-order valence-electron chi connectivity index (χ4n) is 2.83. The fraction of sp³-hybridized carbons (Fsp3) is 0.368. The first-order valence-corrected chi connectivity index (χ1v) is 7.78. The first kappa shape index (κ1) is 15.2. The minimum Gasteiger partial charge on any atom is -0.348 e. The van der Waals surface area contributed by atoms with Crippen LogP contribution in [-0.4, -0.2) is 18.5 Å². The number of nitrogens with one attached hydrogen (secondary N) is 1. The van der Waals surface area contributed by atoms with Gasteiger partial charge in [-0.15, -0.1) is 0 Å². The predicted octanol–water partition coefficient (Wildman–Crippen LogP) is 3.67. The first-order chi connectivity index (χ1) is 10.6. The number of benzene rings is 2. The van der Waals surface area contributed by atoms with E-state index in [1.54, 1.807) is 0 Å². The van der Waals surface area contributed by atoms with Gasteiger partial charge in [0.05, 0.1) is 12.6 Å². The Balaban J connectivity index is 1.75. The van der Waals surface area contributed by atoms with Crippen molar-refractivity contribution in [3.8, 4) is 0 Å². The maximum absolute atomic E-state index is 6.07. The van der Waals surface area contributed by atoms with Crippen LogP contribution in [0.1, 0.15) is 31.0 Å². The topological polar surface area (TPSA) is 30.5 Å². The van der Waals surface area contributed by atoms with Gasteiger partial charge in [-0.25, -0.2) is 0 Å². The van der Waals surface area contributed by atoms with Crippen LogP contribution in [-0.2, 0) is 16.0 Å². The third-order valence-corrected chi connectivity index (χ3v) is 3.93. The second-order valence-electron chi connectivity index (χ2n) is 6.12. The minimum absolute atomic E-state index is 0.0149. The summed E-state index contributed by atoms with van der Waals surface area (Å²) >= 11 is 0. The maximum Gasteiger partial charge on any atom is 0.163 e. The van der Waals surface area contributed by atoms with Crippen molar-refractivity contribution in [1.29, 1.82) is 0 Å². The second kappa shape index (κ2) is 6.61. The average molecular weight is 297 g/mol. The van der Waals surface area contributed by atoms with Gasteiger partial charge in [0.1, 0.15) is 6.10 Å². The van der Waals surface area contributed by atoms with Crippen molar-refractivity contribution >= 4 is 0 Å². The molecule has 1 saturated heterocycles. The zero-order valence-electron chi connectivity index (χ0n) is 13.2. The molecule has 1 N–H and O–H groups in total. The Bertz CT molecular complexity index is 583. The van der Waals surface area contributed by atoms with E-state index in [9.17, 15) is 0 Å². The van der Waals surface area contributed by atoms with Gasteiger partial charge in [0, 0.05) is 6.54 Å². The fourth-order valence-corrected chi connectivity index (χ4v) is 2.83. The zero-order chi connectivity index (χ0) is 15.4. The lowest BCUT2D eigenvalue weighted by Gasteiger charge is -2.26. The highest BCUT2D eigenvalue weighted by molar-refractivity contribution is 5.21. The van der Waals surface area contributed by atoms with Crippen LogP contribution in [0.2, 0.25) is 0 Å². The van der Waals surface area contributed by atoms with Crippen molar-refractivity contribution in [2.75, 3.05) is 6.61 Å². The molecule has 1 fully saturated rings. The highest BCUT2D eigenvalue weighted by atomic mass is 16.7. The lowest BCUT2D eigenvalue weighted by Crippen LogP contribution is -2.34. The summed E-state index contributed by atoms with van der Waals surface area (Å²) in [4.78, 5) is 0. The summed E-state index contributed by atoms with van der Waals surface area (Å²) in [6.45, 7) is 5.34. The summed E-state index contributed by atoms with van der Waals surface area (Å²) < 4.78 is 11.8. The Morgan fingerprint density at radius 2 is 1.68 bits per heavy atom. The molecule has 0 bridgehead atoms. The van der Waals surface area contributed by atoms with Crippen LogP contribution < -0.4 is 5.32 Å². The smallest absolute Gasteiger partial charge is 0.163 e. The molecule has 0 radical (unpaired) electrons. The Hall–Kier alpha value is -1.68. The molecule has 0 unspecified atom stereocenters. The highest BCUT2D eigenvalue weighted by Gasteiger charge is 2.37. The number of hydrogen-bond donors (Lipinski definition) is 1. The van der Waals surface area contributed by atoms with Crippen molar-refractivity contribution in [2.45, 2.75) is 38.3 Å². The van der Waals surface area contributed by atoms with Crippen LogP contribution in [0, 0.1) is 0 Å². The standard InChI is InChI=1S/C19H23NO2/c1-19(2)21-14-17(22-19)18(16-11-7-4-8-12-16)20-13-15-9-5-3-6-10-15/h3-12,17-18,20H,13-14H2,1-2H3/t17-,18+/m1/s1. The van der Waals surface area contributed by atoms with Gasteiger partial charge >= 0.3 is 0 Å². The molecule has 2 atom stereocenters. The Labute approximate surface area is 132 Å². The molecular weight excluding hydrogens is 274 g/mol. The molecule has 1 aliphatic rings. The Kier molecular flexibility index (Phi) is 4.57. The van der Waals surface area contributed by atoms with Crippen LogP contribution in [0.25, 0.3) is 0 Å². The molecule has 2 aromatic carbocycles. The van der Waals surface area contributed by atoms with Gasteiger partial charge in [-0.2, -0.15) is 0 Å². The van der Waals surface area contributed by atoms with Crippen LogP contribution in [0.15, 0.2) is 60.7 Å². The summed E-state index contributed by atoms with van der Waals surface area (Å²) in [5.41, 5.74) is 2.49. The largest absolute Gasteiger partial charge is 0.348 e. The first-order valence-electron chi connectivity index (χ1n) is 7.78. The van der Waals surface area contributed by atoms with Crippen LogP contribution >= 0.6 is 0 Å². The van der Waals surface area contributed by atoms with Crippen molar-refractivity contribution in [3.05, 3.63) is 71.8 Å². The van der Waals surface area contributed by atoms with Gasteiger partial charge in [0.2, 0.25) is 0 Å². The van der Waals surface area contributed by atoms with E-state index in [-0.39, 0.29) is 12.1 Å². The summed E-state index contributed by atoms with van der Waals surface area (Å²) in [7, 11) is 0. The quantitative estimate of drug-likeness (QED) is 0.913. The molecule has 0 spiro atoms. The normalized spacial score (nSPS) is 21.6. The van der Waals surface area contributed by atoms with Gasteiger partial charge < -0.3 is 14.8 Å². The molecule has 3 rings (SSSR count). The Morgan fingerprint density at radius 3 is 2.27 bits per heavy atom. The summed E-state index contributed by atoms with van der Waals surface area (Å²) in [5.74, 6) is -0.508. The predicted molar refractivity (Wildman–Crippen MR) is 87.4 cm³/mol. The van der Waals surface area contributed by atoms with Gasteiger partial charge in [-0.1, -0.05) is 60.7 Å². The summed E-state index contributed by atoms with van der Waals surface area (Å²) in [6, 6.07) is 21.0. The van der Waals surface area contributed by atoms with Gasteiger partial charge in [0.15, 0.2) is 5.79 Å². The molecule has 1 heterocycles. The van der Waals surface area contributed by atoms with E-state index < -0.39 is 5.79 Å². The second-order valence-corrected chi connectivity index (χ2v) is 6.12. The van der Waals surface area contributed by atoms with E-state index in [1.807, 2.05) is 26.0 Å². The number of ether oxygens (including phenoxy) is 2. The van der Waals surface area contributed by atoms with E-state index in [1.165, 1.54) is 11.1 Å². The molecule has 22 heavy (non-hydrogen) atoms. The lowest BCUT2D eigenvalue weighted by atomic mass is 10.0. The molecule has 116 valence electrons. The van der Waals surface area contributed by atoms with Gasteiger partial charge in [-0.05, 0) is 25.0 Å². The minimum atomic E-state index is -0.508. The molecule has 0 saturated carbocycles. The molecule has 0 amide bonds. The third kappa shape index (κ3) is 3.74. The van der Waals surface area contributed by atoms with E-state index in [2.05, 4.69) is 53.8 Å². The van der Waals surface area contributed by atoms with Gasteiger partial charge in [-0.3, -0.25) is 0 Å². The van der Waals surface area contributed by atoms with Crippen molar-refractivity contribution < 1.29 is 9.47 Å². The summed E-state index contributed by atoms with van der Waals surface area (Å²) in [6.07, 6.45) is 0.0149. The number of rotatable bonds is 5. The lowest BCUT2D eigenvalue weighted by molar-refractivity contribution is -0.142. The molecule has 2 aromatic rings. The SMILES string of the molecule is CC1(C)OC[C@H]([C@@H](NCc2ccccc2)c2ccccc2)O1. The van der Waals surface area contributed by atoms with E-state index in [4.69, 9.17) is 9.47 Å². The monoisotopic (exact) mass is 297 g/mol. The molecule has 0 aliphatic carbocycles. The molecule has 0 aromatic heterocycles. The Morgan fingerprint density at radius 1 is 1.05 bits per heavy atom. The molecular formula is C19H23NO2. The third-order valence-electron chi connectivity index (χ3n) is 3.93. The van der Waals surface area contributed by atoms with Crippen molar-refractivity contribution in [2.24, 2.45) is 0 Å². The average Bonchev–Trinajstić information content (AvgIpc) is 2.89. The summed E-state index contributed by atoms with van der Waals surface area (Å²) in [5, 5.41) is 3.63. The molecule has 3 heteroatoms. The number of hydrogen-bond acceptors (Lipinski definition) is 3. The highest BCUT2D eigenvalue weighted by Crippen LogP contribution is 2.30. The van der Waals surface area contributed by atoms with Crippen LogP contribution in [0.3, 0.4) is 0 Å². The zero-order valence-corrected chi connectivity index (χ0v) is 13.2. The van der Waals surface area contributed by atoms with E-state index in [0.29, 0.717) is 6.61 Å². The van der Waals surface area contributed by atoms with Crippen molar-refractivity contribution in [3.63, 3.8) is 0 Å². The van der Waals surface area contributed by atoms with Gasteiger partial charge in [0.25, 0.3) is 0 Å². The van der Waals surface area contributed by atoms with E-state index in [0.717, 1.165) is 6.54 Å². The van der Waals surface area contributed by atoms with Crippen molar-refractivity contribution in [1.82, 2.24) is 5.32 Å². The molecule has 3 nitrogen and oxygen atoms in total. The maximum atomic E-state index is 6.07.